The van der Waals surface area contributed by atoms with E-state index in [0.29, 0.717) is 22.8 Å². The highest BCUT2D eigenvalue weighted by Gasteiger charge is 2.30. The van der Waals surface area contributed by atoms with Gasteiger partial charge in [0.05, 0.1) is 24.0 Å². The number of ether oxygens (including phenoxy) is 1. The molecular weight excluding hydrogens is 424 g/mol. The summed E-state index contributed by atoms with van der Waals surface area (Å²) in [5, 5.41) is 19.7. The lowest BCUT2D eigenvalue weighted by Gasteiger charge is -2.16. The summed E-state index contributed by atoms with van der Waals surface area (Å²) in [7, 11) is 1.46. The third-order valence-electron chi connectivity index (χ3n) is 4.84. The first-order chi connectivity index (χ1) is 17.2. The van der Waals surface area contributed by atoms with Crippen LogP contribution in [0.4, 0.5) is 17.2 Å². The van der Waals surface area contributed by atoms with Gasteiger partial charge in [-0.1, -0.05) is 12.0 Å². The minimum absolute atomic E-state index is 0.0831. The Morgan fingerprint density at radius 3 is 2.91 bits per heavy atom. The van der Waals surface area contributed by atoms with Crippen LogP contribution in [0.2, 0.25) is 0 Å². The number of anilines is 3. The second-order valence-electron chi connectivity index (χ2n) is 7.19. The van der Waals surface area contributed by atoms with E-state index in [2.05, 4.69) is 36.8 Å². The third kappa shape index (κ3) is 4.74. The van der Waals surface area contributed by atoms with Gasteiger partial charge in [0, 0.05) is 23.1 Å². The van der Waals surface area contributed by atoms with Gasteiger partial charge in [0.1, 0.15) is 12.9 Å². The Balaban J connectivity index is 1.71. The Labute approximate surface area is 194 Å². The molecule has 0 bridgehead atoms. The molecule has 0 atom stereocenters. The number of hydrogen-bond acceptors (Lipinski definition) is 8. The predicted molar refractivity (Wildman–Crippen MR) is 121 cm³/mol. The largest absolute Gasteiger partial charge is 0.494 e. The van der Waals surface area contributed by atoms with Gasteiger partial charge in [-0.15, -0.1) is 21.7 Å². The van der Waals surface area contributed by atoms with Gasteiger partial charge in [0.25, 0.3) is 5.91 Å². The zero-order valence-electron chi connectivity index (χ0n) is 20.6. The van der Waals surface area contributed by atoms with Crippen molar-refractivity contribution in [1.29, 1.82) is 0 Å². The van der Waals surface area contributed by atoms with Crippen molar-refractivity contribution >= 4 is 29.0 Å². The zero-order chi connectivity index (χ0) is 25.9. The summed E-state index contributed by atoms with van der Waals surface area (Å²) in [5.74, 6) is 2.02. The fraction of sp³-hybridized carbons (Fsp3) is 0.273. The molecule has 1 aliphatic rings. The van der Waals surface area contributed by atoms with E-state index in [4.69, 9.17) is 15.3 Å². The molecule has 2 amide bonds. The Morgan fingerprint density at radius 1 is 1.33 bits per heavy atom. The van der Waals surface area contributed by atoms with Gasteiger partial charge in [-0.05, 0) is 25.0 Å². The van der Waals surface area contributed by atoms with Gasteiger partial charge >= 0.3 is 0 Å². The number of benzene rings is 1. The summed E-state index contributed by atoms with van der Waals surface area (Å²) >= 11 is 0. The first-order valence-electron chi connectivity index (χ1n) is 11.5. The van der Waals surface area contributed by atoms with Crippen LogP contribution in [0.3, 0.4) is 0 Å². The van der Waals surface area contributed by atoms with E-state index in [9.17, 15) is 9.59 Å². The summed E-state index contributed by atoms with van der Waals surface area (Å²) in [5.41, 5.74) is 0.744. The molecule has 11 nitrogen and oxygen atoms in total. The fourth-order valence-electron chi connectivity index (χ4n) is 3.11. The monoisotopic (exact) mass is 449 g/mol. The second-order valence-corrected chi connectivity index (χ2v) is 7.19. The lowest BCUT2D eigenvalue weighted by atomic mass is 10.1. The van der Waals surface area contributed by atoms with Crippen LogP contribution in [0.15, 0.2) is 30.6 Å². The summed E-state index contributed by atoms with van der Waals surface area (Å²) in [6.45, 7) is -2.50. The van der Waals surface area contributed by atoms with Crippen LogP contribution < -0.4 is 20.7 Å². The number of carbonyl (C=O) groups is 2. The van der Waals surface area contributed by atoms with Crippen molar-refractivity contribution in [2.45, 2.75) is 19.4 Å². The molecule has 0 radical (unpaired) electrons. The lowest BCUT2D eigenvalue weighted by Crippen LogP contribution is -2.22. The van der Waals surface area contributed by atoms with Crippen molar-refractivity contribution in [1.82, 2.24) is 30.3 Å². The first-order valence-corrected chi connectivity index (χ1v) is 9.97. The maximum absolute atomic E-state index is 12.7. The number of carbonyl (C=O) groups excluding carboxylic acids is 2. The summed E-state index contributed by atoms with van der Waals surface area (Å²) in [6, 6.07) is 6.53. The van der Waals surface area contributed by atoms with Crippen molar-refractivity contribution in [2.24, 2.45) is 5.92 Å². The molecule has 4 rings (SSSR count). The number of hydrogen-bond donors (Lipinski definition) is 3. The Bertz CT molecular complexity index is 1350. The van der Waals surface area contributed by atoms with Crippen LogP contribution in [-0.4, -0.2) is 50.9 Å². The smallest absolute Gasteiger partial charge is 0.273 e. The van der Waals surface area contributed by atoms with Crippen molar-refractivity contribution in [3.8, 4) is 29.5 Å². The molecule has 0 spiro atoms. The van der Waals surface area contributed by atoms with Crippen LogP contribution in [0.25, 0.3) is 11.4 Å². The van der Waals surface area contributed by atoms with Crippen LogP contribution >= 0.6 is 0 Å². The molecule has 1 fully saturated rings. The minimum Gasteiger partial charge on any atom is -0.494 e. The molecule has 2 aromatic heterocycles. The summed E-state index contributed by atoms with van der Waals surface area (Å²) in [6.07, 6.45) is 8.41. The lowest BCUT2D eigenvalue weighted by molar-refractivity contribution is -0.117. The normalized spacial score (nSPS) is 14.2. The van der Waals surface area contributed by atoms with E-state index in [1.807, 2.05) is 5.32 Å². The molecule has 1 saturated carbocycles. The number of nitrogens with one attached hydrogen (secondary N) is 3. The molecule has 33 heavy (non-hydrogen) atoms. The van der Waals surface area contributed by atoms with Crippen molar-refractivity contribution in [3.63, 3.8) is 0 Å². The van der Waals surface area contributed by atoms with E-state index in [-0.39, 0.29) is 35.6 Å². The molecule has 2 heterocycles. The molecule has 0 aliphatic heterocycles. The van der Waals surface area contributed by atoms with Crippen molar-refractivity contribution in [3.05, 3.63) is 36.3 Å². The first kappa shape index (κ1) is 18.1. The Kier molecular flexibility index (Phi) is 5.14. The molecule has 168 valence electrons. The maximum atomic E-state index is 12.7. The van der Waals surface area contributed by atoms with Gasteiger partial charge in [0.2, 0.25) is 5.91 Å². The SMILES string of the molecule is [2H]C([2H])([2H])NC(=O)c1nnc(NC(=O)C2CC2)cc1Nc1cccc(-c2ncn(CC#C)n2)c1OC. The van der Waals surface area contributed by atoms with Crippen LogP contribution in [0, 0.1) is 18.3 Å². The van der Waals surface area contributed by atoms with Gasteiger partial charge < -0.3 is 20.7 Å². The summed E-state index contributed by atoms with van der Waals surface area (Å²) < 4.78 is 29.1. The number of nitrogens with zero attached hydrogens (tertiary/aromatic N) is 5. The standard InChI is InChI=1S/C22H22N8O3/c1-4-10-30-12-24-20(29-30)14-6-5-7-15(19(14)33-3)25-16-11-17(26-21(31)13-8-9-13)27-28-18(16)22(32)23-2/h1,5-7,11-13H,8-10H2,2-3H3,(H,23,32)(H2,25,26,27,31)/i2D3. The van der Waals surface area contributed by atoms with E-state index >= 15 is 0 Å². The highest BCUT2D eigenvalue weighted by molar-refractivity contribution is 6.00. The molecule has 3 aromatic rings. The van der Waals surface area contributed by atoms with Gasteiger partial charge in [-0.2, -0.15) is 0 Å². The highest BCUT2D eigenvalue weighted by atomic mass is 16.5. The number of aromatic nitrogens is 5. The molecular formula is C22H22N8O3. The summed E-state index contributed by atoms with van der Waals surface area (Å²) in [4.78, 5) is 29.1. The third-order valence-corrected chi connectivity index (χ3v) is 4.84. The molecule has 1 aliphatic carbocycles. The number of methoxy groups -OCH3 is 1. The number of amides is 2. The molecule has 0 unspecified atom stereocenters. The van der Waals surface area contributed by atoms with E-state index in [1.165, 1.54) is 24.2 Å². The van der Waals surface area contributed by atoms with E-state index in [0.717, 1.165) is 12.8 Å². The van der Waals surface area contributed by atoms with Gasteiger partial charge in [0.15, 0.2) is 23.1 Å². The van der Waals surface area contributed by atoms with Crippen molar-refractivity contribution < 1.29 is 18.4 Å². The molecule has 0 saturated heterocycles. The van der Waals surface area contributed by atoms with Crippen molar-refractivity contribution in [2.75, 3.05) is 24.7 Å². The van der Waals surface area contributed by atoms with Crippen LogP contribution in [-0.2, 0) is 11.3 Å². The van der Waals surface area contributed by atoms with Gasteiger partial charge in [-0.25, -0.2) is 9.67 Å². The van der Waals surface area contributed by atoms with Crippen LogP contribution in [0.1, 0.15) is 27.4 Å². The minimum atomic E-state index is -2.74. The topological polar surface area (TPSA) is 136 Å². The van der Waals surface area contributed by atoms with Crippen LogP contribution in [0.5, 0.6) is 5.75 Å². The number of para-hydroxylation sites is 1. The quantitative estimate of drug-likeness (QED) is 0.443. The molecule has 1 aromatic carbocycles. The second kappa shape index (κ2) is 9.35. The Hall–Kier alpha value is -4.46. The average Bonchev–Trinajstić information content (AvgIpc) is 3.57. The molecule has 3 N–H and O–H groups in total. The van der Waals surface area contributed by atoms with E-state index < -0.39 is 12.9 Å². The van der Waals surface area contributed by atoms with Gasteiger partial charge in [-0.3, -0.25) is 9.59 Å². The Morgan fingerprint density at radius 2 is 2.18 bits per heavy atom. The highest BCUT2D eigenvalue weighted by Crippen LogP contribution is 2.37. The fourth-order valence-corrected chi connectivity index (χ4v) is 3.11. The molecule has 11 heteroatoms. The van der Waals surface area contributed by atoms with E-state index in [1.54, 1.807) is 18.2 Å². The number of rotatable bonds is 8. The predicted octanol–water partition coefficient (Wildman–Crippen LogP) is 1.83. The maximum Gasteiger partial charge on any atom is 0.273 e. The average molecular weight is 449 g/mol. The number of terminal acetylenes is 1. The zero-order valence-corrected chi connectivity index (χ0v) is 17.6.